The maximum Gasteiger partial charge on any atom is 0.323 e. The molecule has 1 aromatic carbocycles. The van der Waals surface area contributed by atoms with Crippen LogP contribution in [0.25, 0.3) is 0 Å². The van der Waals surface area contributed by atoms with Crippen molar-refractivity contribution in [3.05, 3.63) is 24.3 Å². The van der Waals surface area contributed by atoms with Crippen molar-refractivity contribution in [3.63, 3.8) is 0 Å². The SMILES string of the molecule is CC(C)(C#N)CCN(CC(=O)O)c1ccccc1N. The van der Waals surface area contributed by atoms with Crippen LogP contribution in [0.5, 0.6) is 0 Å². The molecule has 1 rings (SSSR count). The van der Waals surface area contributed by atoms with E-state index in [9.17, 15) is 4.79 Å². The van der Waals surface area contributed by atoms with Crippen LogP contribution in [0.4, 0.5) is 11.4 Å². The van der Waals surface area contributed by atoms with Crippen molar-refractivity contribution in [3.8, 4) is 6.07 Å². The number of nitriles is 1. The number of nitrogens with two attached hydrogens (primary N) is 1. The first-order valence-corrected chi connectivity index (χ1v) is 6.08. The summed E-state index contributed by atoms with van der Waals surface area (Å²) in [5.74, 6) is -0.919. The molecule has 0 aliphatic rings. The Balaban J connectivity index is 2.88. The summed E-state index contributed by atoms with van der Waals surface area (Å²) in [5.41, 5.74) is 6.62. The van der Waals surface area contributed by atoms with Gasteiger partial charge in [-0.2, -0.15) is 5.26 Å². The number of para-hydroxylation sites is 2. The first kappa shape index (κ1) is 14.8. The van der Waals surface area contributed by atoms with E-state index in [0.717, 1.165) is 0 Å². The fourth-order valence-electron chi connectivity index (χ4n) is 1.69. The van der Waals surface area contributed by atoms with Gasteiger partial charge in [-0.25, -0.2) is 0 Å². The van der Waals surface area contributed by atoms with Gasteiger partial charge in [-0.3, -0.25) is 4.79 Å². The maximum absolute atomic E-state index is 10.9. The van der Waals surface area contributed by atoms with Crippen LogP contribution in [0.15, 0.2) is 24.3 Å². The second-order valence-corrected chi connectivity index (χ2v) is 5.12. The lowest BCUT2D eigenvalue weighted by Crippen LogP contribution is -2.33. The fraction of sp³-hybridized carbons (Fsp3) is 0.429. The van der Waals surface area contributed by atoms with Gasteiger partial charge in [0.2, 0.25) is 0 Å². The lowest BCUT2D eigenvalue weighted by molar-refractivity contribution is -0.135. The Bertz CT molecular complexity index is 492. The number of benzene rings is 1. The van der Waals surface area contributed by atoms with Gasteiger partial charge in [0.1, 0.15) is 6.54 Å². The molecule has 0 unspecified atom stereocenters. The van der Waals surface area contributed by atoms with E-state index in [-0.39, 0.29) is 6.54 Å². The second-order valence-electron chi connectivity index (χ2n) is 5.12. The molecular formula is C14H19N3O2. The van der Waals surface area contributed by atoms with Gasteiger partial charge in [-0.15, -0.1) is 0 Å². The van der Waals surface area contributed by atoms with Crippen LogP contribution in [0.1, 0.15) is 20.3 Å². The largest absolute Gasteiger partial charge is 0.480 e. The molecule has 5 heteroatoms. The minimum absolute atomic E-state index is 0.129. The summed E-state index contributed by atoms with van der Waals surface area (Å²) in [7, 11) is 0. The van der Waals surface area contributed by atoms with Crippen LogP contribution in [0.3, 0.4) is 0 Å². The molecule has 0 aliphatic heterocycles. The molecule has 0 spiro atoms. The standard InChI is InChI=1S/C14H19N3O2/c1-14(2,10-15)7-8-17(9-13(18)19)12-6-4-3-5-11(12)16/h3-6H,7-9,16H2,1-2H3,(H,18,19). The van der Waals surface area contributed by atoms with Gasteiger partial charge in [0.15, 0.2) is 0 Å². The molecule has 0 saturated carbocycles. The topological polar surface area (TPSA) is 90.3 Å². The van der Waals surface area contributed by atoms with E-state index < -0.39 is 11.4 Å². The molecule has 0 atom stereocenters. The third-order valence-corrected chi connectivity index (χ3v) is 2.91. The average Bonchev–Trinajstić information content (AvgIpc) is 2.35. The summed E-state index contributed by atoms with van der Waals surface area (Å²) < 4.78 is 0. The van der Waals surface area contributed by atoms with Gasteiger partial charge in [-0.1, -0.05) is 12.1 Å². The number of carboxylic acids is 1. The summed E-state index contributed by atoms with van der Waals surface area (Å²) in [6.45, 7) is 4.01. The highest BCUT2D eigenvalue weighted by Crippen LogP contribution is 2.25. The Hall–Kier alpha value is -2.22. The van der Waals surface area contributed by atoms with Crippen molar-refractivity contribution in [1.29, 1.82) is 5.26 Å². The summed E-state index contributed by atoms with van der Waals surface area (Å²) >= 11 is 0. The molecule has 0 saturated heterocycles. The predicted octanol–water partition coefficient (Wildman–Crippen LogP) is 2.10. The molecule has 0 bridgehead atoms. The molecule has 0 amide bonds. The zero-order valence-electron chi connectivity index (χ0n) is 11.3. The van der Waals surface area contributed by atoms with Gasteiger partial charge >= 0.3 is 5.97 Å². The van der Waals surface area contributed by atoms with Crippen LogP contribution in [0.2, 0.25) is 0 Å². The number of hydrogen-bond donors (Lipinski definition) is 2. The second kappa shape index (κ2) is 6.10. The van der Waals surface area contributed by atoms with E-state index in [1.54, 1.807) is 23.1 Å². The van der Waals surface area contributed by atoms with E-state index in [1.165, 1.54) is 0 Å². The molecule has 0 aromatic heterocycles. The number of carbonyl (C=O) groups is 1. The molecule has 1 aromatic rings. The first-order valence-electron chi connectivity index (χ1n) is 6.08. The fourth-order valence-corrected chi connectivity index (χ4v) is 1.69. The highest BCUT2D eigenvalue weighted by molar-refractivity contribution is 5.77. The number of nitrogen functional groups attached to an aromatic ring is 1. The third-order valence-electron chi connectivity index (χ3n) is 2.91. The average molecular weight is 261 g/mol. The van der Waals surface area contributed by atoms with E-state index in [2.05, 4.69) is 6.07 Å². The Morgan fingerprint density at radius 3 is 2.63 bits per heavy atom. The summed E-state index contributed by atoms with van der Waals surface area (Å²) in [5, 5.41) is 18.0. The normalized spacial score (nSPS) is 10.8. The minimum Gasteiger partial charge on any atom is -0.480 e. The zero-order valence-corrected chi connectivity index (χ0v) is 11.3. The Morgan fingerprint density at radius 1 is 1.47 bits per heavy atom. The van der Waals surface area contributed by atoms with Crippen LogP contribution in [-0.4, -0.2) is 24.2 Å². The van der Waals surface area contributed by atoms with Gasteiger partial charge in [0.05, 0.1) is 22.9 Å². The van der Waals surface area contributed by atoms with E-state index in [4.69, 9.17) is 16.1 Å². The molecule has 102 valence electrons. The smallest absolute Gasteiger partial charge is 0.323 e. The molecule has 5 nitrogen and oxygen atoms in total. The van der Waals surface area contributed by atoms with E-state index in [1.807, 2.05) is 19.9 Å². The number of carboxylic acid groups (broad SMARTS) is 1. The van der Waals surface area contributed by atoms with Crippen molar-refractivity contribution in [2.24, 2.45) is 5.41 Å². The molecule has 0 fully saturated rings. The predicted molar refractivity (Wildman–Crippen MR) is 74.7 cm³/mol. The van der Waals surface area contributed by atoms with Gasteiger partial charge in [0, 0.05) is 6.54 Å². The quantitative estimate of drug-likeness (QED) is 0.765. The Morgan fingerprint density at radius 2 is 2.11 bits per heavy atom. The van der Waals surface area contributed by atoms with E-state index in [0.29, 0.717) is 24.3 Å². The molecule has 3 N–H and O–H groups in total. The molecule has 0 radical (unpaired) electrons. The summed E-state index contributed by atoms with van der Waals surface area (Å²) in [6.07, 6.45) is 0.575. The monoisotopic (exact) mass is 261 g/mol. The number of hydrogen-bond acceptors (Lipinski definition) is 4. The first-order chi connectivity index (χ1) is 8.85. The summed E-state index contributed by atoms with van der Waals surface area (Å²) in [6, 6.07) is 9.35. The number of nitrogens with zero attached hydrogens (tertiary/aromatic N) is 2. The van der Waals surface area contributed by atoms with Crippen LogP contribution in [-0.2, 0) is 4.79 Å². The molecule has 19 heavy (non-hydrogen) atoms. The minimum atomic E-state index is -0.919. The highest BCUT2D eigenvalue weighted by atomic mass is 16.4. The van der Waals surface area contributed by atoms with Crippen molar-refractivity contribution < 1.29 is 9.90 Å². The zero-order chi connectivity index (χ0) is 14.5. The van der Waals surface area contributed by atoms with E-state index >= 15 is 0 Å². The third kappa shape index (κ3) is 4.51. The number of rotatable bonds is 6. The van der Waals surface area contributed by atoms with Gasteiger partial charge in [0.25, 0.3) is 0 Å². The maximum atomic E-state index is 10.9. The molecule has 0 aliphatic carbocycles. The molecular weight excluding hydrogens is 242 g/mol. The lowest BCUT2D eigenvalue weighted by Gasteiger charge is -2.27. The number of aliphatic carboxylic acids is 1. The van der Waals surface area contributed by atoms with Gasteiger partial charge < -0.3 is 15.7 Å². The van der Waals surface area contributed by atoms with Crippen molar-refractivity contribution in [2.75, 3.05) is 23.7 Å². The summed E-state index contributed by atoms with van der Waals surface area (Å²) in [4.78, 5) is 12.6. The van der Waals surface area contributed by atoms with Crippen molar-refractivity contribution in [2.45, 2.75) is 20.3 Å². The van der Waals surface area contributed by atoms with Crippen molar-refractivity contribution >= 4 is 17.3 Å². The highest BCUT2D eigenvalue weighted by Gasteiger charge is 2.20. The van der Waals surface area contributed by atoms with Gasteiger partial charge in [-0.05, 0) is 32.4 Å². The lowest BCUT2D eigenvalue weighted by atomic mass is 9.91. The Labute approximate surface area is 113 Å². The van der Waals surface area contributed by atoms with Crippen LogP contribution < -0.4 is 10.6 Å². The van der Waals surface area contributed by atoms with Crippen LogP contribution in [0, 0.1) is 16.7 Å². The van der Waals surface area contributed by atoms with Crippen molar-refractivity contribution in [1.82, 2.24) is 0 Å². The van der Waals surface area contributed by atoms with Crippen LogP contribution >= 0.6 is 0 Å². The molecule has 0 heterocycles. The Kier molecular flexibility index (Phi) is 4.76. The number of anilines is 2.